The molecule has 0 aromatic heterocycles. The maximum Gasteiger partial charge on any atom is 0.0369 e. The van der Waals surface area contributed by atoms with Crippen LogP contribution in [0.3, 0.4) is 0 Å². The lowest BCUT2D eigenvalue weighted by atomic mass is 9.65. The number of hydrogen-bond donors (Lipinski definition) is 1. The molecule has 0 amide bonds. The molecule has 96 valence electrons. The molecule has 1 saturated heterocycles. The van der Waals surface area contributed by atoms with Crippen LogP contribution in [0, 0.1) is 23.7 Å². The summed E-state index contributed by atoms with van der Waals surface area (Å²) >= 11 is 0. The van der Waals surface area contributed by atoms with E-state index in [2.05, 4.69) is 5.32 Å². The Labute approximate surface area is 106 Å². The summed E-state index contributed by atoms with van der Waals surface area (Å²) < 4.78 is 0. The first-order chi connectivity index (χ1) is 8.40. The van der Waals surface area contributed by atoms with E-state index in [9.17, 15) is 0 Å². The minimum atomic E-state index is 0.646. The summed E-state index contributed by atoms with van der Waals surface area (Å²) in [6, 6.07) is 0. The van der Waals surface area contributed by atoms with Crippen molar-refractivity contribution < 1.29 is 0 Å². The summed E-state index contributed by atoms with van der Waals surface area (Å²) in [5.74, 6) is 4.29. The molecule has 0 aromatic carbocycles. The van der Waals surface area contributed by atoms with E-state index in [0.717, 1.165) is 23.7 Å². The summed E-state index contributed by atoms with van der Waals surface area (Å²) in [7, 11) is 0. The molecule has 3 aliphatic carbocycles. The number of rotatable bonds is 0. The first kappa shape index (κ1) is 10.8. The van der Waals surface area contributed by atoms with Crippen LogP contribution < -0.4 is 5.32 Å². The molecule has 4 unspecified atom stereocenters. The molecule has 4 rings (SSSR count). The van der Waals surface area contributed by atoms with E-state index in [1.54, 1.807) is 38.5 Å². The Morgan fingerprint density at radius 2 is 1.12 bits per heavy atom. The highest BCUT2D eigenvalue weighted by atomic mass is 15.2. The molecule has 1 spiro atoms. The van der Waals surface area contributed by atoms with E-state index in [1.807, 2.05) is 0 Å². The van der Waals surface area contributed by atoms with E-state index < -0.39 is 0 Å². The molecule has 1 nitrogen and oxygen atoms in total. The molecule has 17 heavy (non-hydrogen) atoms. The van der Waals surface area contributed by atoms with Crippen LogP contribution in [0.15, 0.2) is 0 Å². The van der Waals surface area contributed by atoms with Crippen LogP contribution in [0.1, 0.15) is 64.2 Å². The SMILES string of the molecule is C1CCC2C(C1)CCC1CCCCC1C21CN1. The van der Waals surface area contributed by atoms with Crippen molar-refractivity contribution >= 4 is 0 Å². The molecule has 4 atom stereocenters. The van der Waals surface area contributed by atoms with Crippen LogP contribution in [-0.2, 0) is 0 Å². The van der Waals surface area contributed by atoms with Crippen molar-refractivity contribution in [1.29, 1.82) is 0 Å². The van der Waals surface area contributed by atoms with Gasteiger partial charge in [-0.3, -0.25) is 0 Å². The molecule has 4 fully saturated rings. The van der Waals surface area contributed by atoms with Gasteiger partial charge in [0.2, 0.25) is 0 Å². The quantitative estimate of drug-likeness (QED) is 0.633. The molecule has 0 bridgehead atoms. The minimum Gasteiger partial charge on any atom is -0.308 e. The average molecular weight is 233 g/mol. The lowest BCUT2D eigenvalue weighted by Crippen LogP contribution is -2.43. The van der Waals surface area contributed by atoms with Crippen LogP contribution >= 0.6 is 0 Å². The Kier molecular flexibility index (Phi) is 2.54. The van der Waals surface area contributed by atoms with Crippen molar-refractivity contribution in [2.75, 3.05) is 6.54 Å². The first-order valence-electron chi connectivity index (χ1n) is 8.15. The van der Waals surface area contributed by atoms with Crippen molar-refractivity contribution in [3.8, 4) is 0 Å². The van der Waals surface area contributed by atoms with Crippen molar-refractivity contribution in [2.24, 2.45) is 23.7 Å². The molecular weight excluding hydrogens is 206 g/mol. The fourth-order valence-corrected chi connectivity index (χ4v) is 5.79. The third-order valence-corrected chi connectivity index (χ3v) is 6.63. The van der Waals surface area contributed by atoms with E-state index in [4.69, 9.17) is 0 Å². The highest BCUT2D eigenvalue weighted by Gasteiger charge is 2.59. The summed E-state index contributed by atoms with van der Waals surface area (Å²) in [4.78, 5) is 0. The Hall–Kier alpha value is -0.0400. The second-order valence-corrected chi connectivity index (χ2v) is 7.27. The van der Waals surface area contributed by atoms with E-state index in [1.165, 1.54) is 32.2 Å². The zero-order valence-corrected chi connectivity index (χ0v) is 11.1. The fourth-order valence-electron chi connectivity index (χ4n) is 5.79. The monoisotopic (exact) mass is 233 g/mol. The summed E-state index contributed by atoms with van der Waals surface area (Å²) in [6.07, 6.45) is 15.4. The maximum atomic E-state index is 3.89. The molecule has 0 aromatic rings. The van der Waals surface area contributed by atoms with E-state index >= 15 is 0 Å². The zero-order valence-electron chi connectivity index (χ0n) is 11.1. The van der Waals surface area contributed by atoms with Gasteiger partial charge in [-0.15, -0.1) is 0 Å². The normalized spacial score (nSPS) is 53.6. The van der Waals surface area contributed by atoms with Crippen LogP contribution in [0.5, 0.6) is 0 Å². The van der Waals surface area contributed by atoms with Gasteiger partial charge in [0.25, 0.3) is 0 Å². The van der Waals surface area contributed by atoms with E-state index in [-0.39, 0.29) is 0 Å². The van der Waals surface area contributed by atoms with Gasteiger partial charge in [-0.25, -0.2) is 0 Å². The largest absolute Gasteiger partial charge is 0.308 e. The molecule has 1 heterocycles. The maximum absolute atomic E-state index is 3.89. The van der Waals surface area contributed by atoms with Gasteiger partial charge in [0, 0.05) is 12.1 Å². The fraction of sp³-hybridized carbons (Fsp3) is 1.00. The lowest BCUT2D eigenvalue weighted by molar-refractivity contribution is 0.125. The van der Waals surface area contributed by atoms with Gasteiger partial charge in [-0.1, -0.05) is 38.5 Å². The van der Waals surface area contributed by atoms with Crippen LogP contribution in [0.4, 0.5) is 0 Å². The molecule has 3 saturated carbocycles. The van der Waals surface area contributed by atoms with E-state index in [0.29, 0.717) is 5.54 Å². The van der Waals surface area contributed by atoms with Crippen molar-refractivity contribution in [3.63, 3.8) is 0 Å². The summed E-state index contributed by atoms with van der Waals surface area (Å²) in [5, 5.41) is 3.89. The van der Waals surface area contributed by atoms with Crippen LogP contribution in [-0.4, -0.2) is 12.1 Å². The molecule has 1 N–H and O–H groups in total. The summed E-state index contributed by atoms with van der Waals surface area (Å²) in [6.45, 7) is 1.37. The summed E-state index contributed by atoms with van der Waals surface area (Å²) in [5.41, 5.74) is 0.646. The molecular formula is C16H27N. The first-order valence-corrected chi connectivity index (χ1v) is 8.15. The average Bonchev–Trinajstić information content (AvgIpc) is 3.19. The highest BCUT2D eigenvalue weighted by Crippen LogP contribution is 2.56. The van der Waals surface area contributed by atoms with Gasteiger partial charge < -0.3 is 5.32 Å². The highest BCUT2D eigenvalue weighted by molar-refractivity contribution is 5.17. The van der Waals surface area contributed by atoms with Gasteiger partial charge >= 0.3 is 0 Å². The zero-order chi connectivity index (χ0) is 11.3. The topological polar surface area (TPSA) is 21.9 Å². The van der Waals surface area contributed by atoms with Gasteiger partial charge in [0.15, 0.2) is 0 Å². The number of hydrogen-bond acceptors (Lipinski definition) is 1. The second kappa shape index (κ2) is 3.98. The van der Waals surface area contributed by atoms with Gasteiger partial charge in [0.05, 0.1) is 0 Å². The standard InChI is InChI=1S/C16H27N/c1-3-7-14-12(5-1)9-10-13-6-2-4-8-15(13)16(14)11-17-16/h12-15,17H,1-11H2. The number of nitrogens with one attached hydrogen (secondary N) is 1. The predicted molar refractivity (Wildman–Crippen MR) is 70.9 cm³/mol. The molecule has 0 radical (unpaired) electrons. The smallest absolute Gasteiger partial charge is 0.0369 e. The van der Waals surface area contributed by atoms with Crippen molar-refractivity contribution in [3.05, 3.63) is 0 Å². The van der Waals surface area contributed by atoms with Gasteiger partial charge in [0.1, 0.15) is 0 Å². The van der Waals surface area contributed by atoms with Crippen LogP contribution in [0.2, 0.25) is 0 Å². The molecule has 1 heteroatoms. The second-order valence-electron chi connectivity index (χ2n) is 7.27. The molecule has 4 aliphatic rings. The third-order valence-electron chi connectivity index (χ3n) is 6.63. The number of fused-ring (bicyclic) bond motifs is 4. The lowest BCUT2D eigenvalue weighted by Gasteiger charge is -2.41. The Morgan fingerprint density at radius 1 is 0.647 bits per heavy atom. The predicted octanol–water partition coefficient (Wildman–Crippen LogP) is 3.74. The molecule has 1 aliphatic heterocycles. The third kappa shape index (κ3) is 1.61. The Bertz CT molecular complexity index is 268. The van der Waals surface area contributed by atoms with Crippen molar-refractivity contribution in [1.82, 2.24) is 5.32 Å². The van der Waals surface area contributed by atoms with Gasteiger partial charge in [-0.2, -0.15) is 0 Å². The Balaban J connectivity index is 1.65. The van der Waals surface area contributed by atoms with Crippen LogP contribution in [0.25, 0.3) is 0 Å². The van der Waals surface area contributed by atoms with Gasteiger partial charge in [-0.05, 0) is 49.4 Å². The Morgan fingerprint density at radius 3 is 1.59 bits per heavy atom. The van der Waals surface area contributed by atoms with Crippen molar-refractivity contribution in [2.45, 2.75) is 69.7 Å². The minimum absolute atomic E-state index is 0.646.